The summed E-state index contributed by atoms with van der Waals surface area (Å²) in [5, 5.41) is 0. The van der Waals surface area contributed by atoms with Gasteiger partial charge in [0.2, 0.25) is 9.76 Å². The molecule has 2 saturated carbocycles. The maximum Gasteiger partial charge on any atom is 0.245 e. The quantitative estimate of drug-likeness (QED) is 0.394. The highest BCUT2D eigenvalue weighted by Gasteiger charge is 2.31. The van der Waals surface area contributed by atoms with Crippen LogP contribution < -0.4 is 0 Å². The Morgan fingerprint density at radius 1 is 0.889 bits per heavy atom. The van der Waals surface area contributed by atoms with Crippen LogP contribution in [-0.2, 0) is 4.43 Å². The summed E-state index contributed by atoms with van der Waals surface area (Å²) in [6.45, 7) is 0.987. The molecule has 2 radical (unpaired) electrons. The zero-order valence-corrected chi connectivity index (χ0v) is 13.3. The predicted molar refractivity (Wildman–Crippen MR) is 79.1 cm³/mol. The molecule has 2 rings (SSSR count). The summed E-state index contributed by atoms with van der Waals surface area (Å²) in [6.07, 6.45) is 14.5. The first-order valence-corrected chi connectivity index (χ1v) is 9.47. The van der Waals surface area contributed by atoms with E-state index in [9.17, 15) is 0 Å². The van der Waals surface area contributed by atoms with Crippen molar-refractivity contribution in [2.45, 2.75) is 64.2 Å². The Morgan fingerprint density at radius 2 is 1.39 bits per heavy atom. The molecule has 0 saturated heterocycles. The van der Waals surface area contributed by atoms with E-state index < -0.39 is 0 Å². The van der Waals surface area contributed by atoms with Gasteiger partial charge in [0.1, 0.15) is 0 Å². The molecule has 2 aliphatic carbocycles. The minimum absolute atomic E-state index is 0.502. The minimum Gasteiger partial charge on any atom is -0.416 e. The van der Waals surface area contributed by atoms with Crippen LogP contribution in [0.5, 0.6) is 0 Å². The predicted octanol–water partition coefficient (Wildman–Crippen LogP) is 4.60. The van der Waals surface area contributed by atoms with Crippen LogP contribution >= 0.6 is 11.6 Å². The normalized spacial score (nSPS) is 23.7. The SMILES string of the molecule is ClC[Si]OCC(C1CCCCC1)C1CCCCC1. The summed E-state index contributed by atoms with van der Waals surface area (Å²) in [6, 6.07) is 0. The molecule has 0 aliphatic heterocycles. The lowest BCUT2D eigenvalue weighted by Crippen LogP contribution is -2.31. The molecule has 0 spiro atoms. The van der Waals surface area contributed by atoms with Crippen LogP contribution in [0.15, 0.2) is 0 Å². The molecule has 0 amide bonds. The first kappa shape index (κ1) is 14.9. The largest absolute Gasteiger partial charge is 0.416 e. The molecule has 2 fully saturated rings. The maximum atomic E-state index is 5.85. The molecule has 0 heterocycles. The van der Waals surface area contributed by atoms with Gasteiger partial charge in [-0.25, -0.2) is 0 Å². The van der Waals surface area contributed by atoms with Crippen LogP contribution in [0.1, 0.15) is 64.2 Å². The van der Waals surface area contributed by atoms with E-state index in [1.807, 2.05) is 0 Å². The number of rotatable bonds is 6. The van der Waals surface area contributed by atoms with E-state index in [-0.39, 0.29) is 0 Å². The lowest BCUT2D eigenvalue weighted by atomic mass is 9.70. The van der Waals surface area contributed by atoms with Gasteiger partial charge in [-0.1, -0.05) is 64.2 Å². The Labute approximate surface area is 120 Å². The minimum atomic E-state index is 0.502. The van der Waals surface area contributed by atoms with Crippen molar-refractivity contribution in [1.29, 1.82) is 0 Å². The van der Waals surface area contributed by atoms with Gasteiger partial charge >= 0.3 is 0 Å². The smallest absolute Gasteiger partial charge is 0.245 e. The van der Waals surface area contributed by atoms with Crippen molar-refractivity contribution in [2.75, 3.05) is 12.1 Å². The average Bonchev–Trinajstić information content (AvgIpc) is 2.46. The van der Waals surface area contributed by atoms with Gasteiger partial charge in [0.15, 0.2) is 0 Å². The van der Waals surface area contributed by atoms with E-state index in [2.05, 4.69) is 0 Å². The van der Waals surface area contributed by atoms with Crippen molar-refractivity contribution in [2.24, 2.45) is 17.8 Å². The van der Waals surface area contributed by atoms with Crippen LogP contribution in [0.4, 0.5) is 0 Å². The van der Waals surface area contributed by atoms with E-state index in [0.717, 1.165) is 24.4 Å². The molecule has 0 aromatic rings. The number of halogens is 1. The standard InChI is InChI=1S/C15H27ClOSi/c16-12-18-17-11-15(13-7-3-1-4-8-13)14-9-5-2-6-10-14/h13-15H,1-12H2. The summed E-state index contributed by atoms with van der Waals surface area (Å²) in [4.78, 5) is 0. The van der Waals surface area contributed by atoms with Gasteiger partial charge < -0.3 is 4.43 Å². The van der Waals surface area contributed by atoms with Crippen LogP contribution in [0.3, 0.4) is 0 Å². The monoisotopic (exact) mass is 286 g/mol. The Bertz CT molecular complexity index is 195. The molecular formula is C15H27ClOSi. The van der Waals surface area contributed by atoms with Crippen molar-refractivity contribution in [3.8, 4) is 0 Å². The zero-order chi connectivity index (χ0) is 12.6. The van der Waals surface area contributed by atoms with Crippen LogP contribution in [-0.4, -0.2) is 21.9 Å². The second kappa shape index (κ2) is 8.60. The highest BCUT2D eigenvalue weighted by atomic mass is 35.5. The first-order chi connectivity index (χ1) is 8.92. The topological polar surface area (TPSA) is 9.23 Å². The molecule has 0 aromatic carbocycles. The van der Waals surface area contributed by atoms with Gasteiger partial charge in [0.05, 0.1) is 0 Å². The molecule has 0 aromatic heterocycles. The van der Waals surface area contributed by atoms with Gasteiger partial charge in [-0.3, -0.25) is 0 Å². The second-order valence-electron chi connectivity index (χ2n) is 6.05. The van der Waals surface area contributed by atoms with Crippen molar-refractivity contribution in [3.05, 3.63) is 0 Å². The highest BCUT2D eigenvalue weighted by molar-refractivity contribution is 6.45. The Kier molecular flexibility index (Phi) is 7.10. The van der Waals surface area contributed by atoms with E-state index >= 15 is 0 Å². The summed E-state index contributed by atoms with van der Waals surface area (Å²) < 4.78 is 5.85. The van der Waals surface area contributed by atoms with Crippen molar-refractivity contribution >= 4 is 21.4 Å². The third kappa shape index (κ3) is 4.54. The van der Waals surface area contributed by atoms with E-state index in [4.69, 9.17) is 16.0 Å². The van der Waals surface area contributed by atoms with Gasteiger partial charge in [0, 0.05) is 12.1 Å². The third-order valence-electron chi connectivity index (χ3n) is 4.94. The Balaban J connectivity index is 1.87. The van der Waals surface area contributed by atoms with E-state index in [1.54, 1.807) is 0 Å². The van der Waals surface area contributed by atoms with Crippen LogP contribution in [0.25, 0.3) is 0 Å². The van der Waals surface area contributed by atoms with E-state index in [0.29, 0.717) is 15.3 Å². The molecule has 18 heavy (non-hydrogen) atoms. The van der Waals surface area contributed by atoms with E-state index in [1.165, 1.54) is 64.2 Å². The molecule has 0 N–H and O–H groups in total. The summed E-state index contributed by atoms with van der Waals surface area (Å²) in [5.41, 5.74) is 0.669. The highest BCUT2D eigenvalue weighted by Crippen LogP contribution is 2.39. The molecule has 0 unspecified atom stereocenters. The fourth-order valence-corrected chi connectivity index (χ4v) is 4.59. The van der Waals surface area contributed by atoms with Crippen LogP contribution in [0.2, 0.25) is 0 Å². The lowest BCUT2D eigenvalue weighted by molar-refractivity contribution is 0.0914. The van der Waals surface area contributed by atoms with Gasteiger partial charge in [-0.05, 0) is 17.8 Å². The maximum absolute atomic E-state index is 5.85. The molecule has 3 heteroatoms. The van der Waals surface area contributed by atoms with Crippen molar-refractivity contribution in [3.63, 3.8) is 0 Å². The van der Waals surface area contributed by atoms with Gasteiger partial charge in [0.25, 0.3) is 0 Å². The van der Waals surface area contributed by atoms with Gasteiger partial charge in [-0.15, -0.1) is 11.6 Å². The molecule has 1 nitrogen and oxygen atoms in total. The van der Waals surface area contributed by atoms with Crippen molar-refractivity contribution < 1.29 is 4.43 Å². The van der Waals surface area contributed by atoms with Crippen molar-refractivity contribution in [1.82, 2.24) is 0 Å². The third-order valence-corrected chi connectivity index (χ3v) is 5.75. The zero-order valence-electron chi connectivity index (χ0n) is 11.5. The summed E-state index contributed by atoms with van der Waals surface area (Å²) in [5.74, 6) is 2.73. The lowest BCUT2D eigenvalue weighted by Gasteiger charge is -2.37. The number of hydrogen-bond acceptors (Lipinski definition) is 1. The summed E-state index contributed by atoms with van der Waals surface area (Å²) >= 11 is 5.74. The average molecular weight is 287 g/mol. The van der Waals surface area contributed by atoms with Gasteiger partial charge in [-0.2, -0.15) is 0 Å². The Hall–Kier alpha value is 0.467. The molecule has 104 valence electrons. The Morgan fingerprint density at radius 3 is 1.83 bits per heavy atom. The number of alkyl halides is 1. The fourth-order valence-electron chi connectivity index (χ4n) is 3.98. The first-order valence-electron chi connectivity index (χ1n) is 7.82. The molecule has 2 aliphatic rings. The molecule has 0 bridgehead atoms. The van der Waals surface area contributed by atoms with Crippen LogP contribution in [0, 0.1) is 17.8 Å². The molecular weight excluding hydrogens is 260 g/mol. The second-order valence-corrected chi connectivity index (χ2v) is 7.70. The molecule has 0 atom stereocenters. The fraction of sp³-hybridized carbons (Fsp3) is 1.00. The summed E-state index contributed by atoms with van der Waals surface area (Å²) in [7, 11) is 0.502. The number of hydrogen-bond donors (Lipinski definition) is 0.